The molecule has 3 aromatic rings. The number of benzene rings is 2. The summed E-state index contributed by atoms with van der Waals surface area (Å²) >= 11 is 6.39. The van der Waals surface area contributed by atoms with Gasteiger partial charge in [0.2, 0.25) is 12.0 Å². The van der Waals surface area contributed by atoms with Gasteiger partial charge < -0.3 is 19.3 Å². The summed E-state index contributed by atoms with van der Waals surface area (Å²) in [6.45, 7) is -0.0974. The molecule has 5 rings (SSSR count). The van der Waals surface area contributed by atoms with Crippen LogP contribution in [0.1, 0.15) is 11.1 Å². The van der Waals surface area contributed by atoms with Crippen LogP contribution in [0.15, 0.2) is 60.9 Å². The first-order chi connectivity index (χ1) is 15.5. The number of rotatable bonds is 4. The molecule has 1 saturated heterocycles. The fourth-order valence-corrected chi connectivity index (χ4v) is 4.58. The molecule has 3 heterocycles. The van der Waals surface area contributed by atoms with Crippen LogP contribution in [0.5, 0.6) is 11.8 Å². The van der Waals surface area contributed by atoms with E-state index >= 15 is 0 Å². The van der Waals surface area contributed by atoms with E-state index in [4.69, 9.17) is 21.1 Å². The Labute approximate surface area is 189 Å². The molecule has 2 aliphatic heterocycles. The Balaban J connectivity index is 1.72. The van der Waals surface area contributed by atoms with Gasteiger partial charge in [-0.3, -0.25) is 9.59 Å². The number of carbonyl (C=O) groups excluding carboxylic acids is 2. The van der Waals surface area contributed by atoms with Gasteiger partial charge in [0.05, 0.1) is 19.5 Å². The number of nitrogens with zero attached hydrogens (tertiary/aromatic N) is 4. The van der Waals surface area contributed by atoms with Gasteiger partial charge in [0.25, 0.3) is 5.91 Å². The topological polar surface area (TPSA) is 84.9 Å². The van der Waals surface area contributed by atoms with Gasteiger partial charge >= 0.3 is 6.01 Å². The fraction of sp³-hybridized carbons (Fsp3) is 0.217. The molecule has 0 spiro atoms. The summed E-state index contributed by atoms with van der Waals surface area (Å²) in [6, 6.07) is 14.8. The lowest BCUT2D eigenvalue weighted by Gasteiger charge is -2.55. The largest absolute Gasteiger partial charge is 0.494 e. The Hall–Kier alpha value is -3.65. The highest BCUT2D eigenvalue weighted by Crippen LogP contribution is 2.53. The van der Waals surface area contributed by atoms with Crippen LogP contribution in [0.2, 0.25) is 5.02 Å². The van der Waals surface area contributed by atoms with Gasteiger partial charge in [0.15, 0.2) is 5.75 Å². The number of halogens is 1. The smallest absolute Gasteiger partial charge is 0.317 e. The molecule has 8 nitrogen and oxygen atoms in total. The number of carbonyl (C=O) groups is 2. The summed E-state index contributed by atoms with van der Waals surface area (Å²) in [7, 11) is 3.20. The maximum Gasteiger partial charge on any atom is 0.317 e. The summed E-state index contributed by atoms with van der Waals surface area (Å²) in [6.07, 6.45) is 1.94. The number of hydrogen-bond acceptors (Lipinski definition) is 6. The van der Waals surface area contributed by atoms with Crippen LogP contribution < -0.4 is 14.4 Å². The first-order valence-electron chi connectivity index (χ1n) is 9.93. The normalized spacial score (nSPS) is 21.9. The van der Waals surface area contributed by atoms with Gasteiger partial charge in [-0.25, -0.2) is 0 Å². The summed E-state index contributed by atoms with van der Waals surface area (Å²) in [5.41, 5.74) is 1.07. The van der Waals surface area contributed by atoms with E-state index in [9.17, 15) is 9.59 Å². The molecule has 0 aliphatic carbocycles. The Morgan fingerprint density at radius 3 is 2.50 bits per heavy atom. The monoisotopic (exact) mass is 450 g/mol. The predicted molar refractivity (Wildman–Crippen MR) is 117 cm³/mol. The van der Waals surface area contributed by atoms with Crippen molar-refractivity contribution in [1.29, 1.82) is 0 Å². The van der Waals surface area contributed by atoms with Crippen LogP contribution in [0.4, 0.5) is 5.69 Å². The van der Waals surface area contributed by atoms with Crippen molar-refractivity contribution >= 4 is 29.1 Å². The van der Waals surface area contributed by atoms with Crippen molar-refractivity contribution in [3.05, 3.63) is 77.1 Å². The summed E-state index contributed by atoms with van der Waals surface area (Å²) in [4.78, 5) is 37.7. The second-order valence-electron chi connectivity index (χ2n) is 7.57. The first kappa shape index (κ1) is 20.3. The molecule has 2 aromatic carbocycles. The average molecular weight is 451 g/mol. The Bertz CT molecular complexity index is 1200. The maximum atomic E-state index is 13.3. The van der Waals surface area contributed by atoms with Crippen LogP contribution in [0, 0.1) is 0 Å². The number of hydrogen-bond donors (Lipinski definition) is 0. The number of β-lactam (4-membered cyclic amide) rings is 1. The van der Waals surface area contributed by atoms with Gasteiger partial charge in [-0.15, -0.1) is 0 Å². The molecular formula is C23H19ClN4O4. The highest BCUT2D eigenvalue weighted by molar-refractivity contribution is 6.30. The van der Waals surface area contributed by atoms with E-state index < -0.39 is 11.6 Å². The SMILES string of the molecule is COc1cnc(O[C@@H]2C(=O)N3CC(=O)N(C)c4ccc(Cl)cc4[C@@]23c2ccccc2)nc1. The van der Waals surface area contributed by atoms with Gasteiger partial charge in [0.1, 0.15) is 12.1 Å². The third kappa shape index (κ3) is 2.83. The van der Waals surface area contributed by atoms with Crippen molar-refractivity contribution < 1.29 is 19.1 Å². The van der Waals surface area contributed by atoms with Crippen LogP contribution >= 0.6 is 11.6 Å². The number of anilines is 1. The zero-order valence-electron chi connectivity index (χ0n) is 17.4. The highest BCUT2D eigenvalue weighted by Gasteiger charge is 2.66. The number of fused-ring (bicyclic) bond motifs is 3. The molecule has 162 valence electrons. The van der Waals surface area contributed by atoms with Gasteiger partial charge in [-0.1, -0.05) is 41.9 Å². The van der Waals surface area contributed by atoms with Crippen molar-refractivity contribution in [3.63, 3.8) is 0 Å². The van der Waals surface area contributed by atoms with E-state index in [0.717, 1.165) is 5.56 Å². The van der Waals surface area contributed by atoms with E-state index in [1.165, 1.54) is 24.4 Å². The molecule has 0 radical (unpaired) electrons. The third-order valence-electron chi connectivity index (χ3n) is 5.97. The lowest BCUT2D eigenvalue weighted by Crippen LogP contribution is -2.74. The van der Waals surface area contributed by atoms with Crippen molar-refractivity contribution in [1.82, 2.24) is 14.9 Å². The van der Waals surface area contributed by atoms with Crippen LogP contribution in [-0.2, 0) is 15.1 Å². The molecule has 1 aromatic heterocycles. The molecule has 2 atom stereocenters. The van der Waals surface area contributed by atoms with Gasteiger partial charge in [-0.05, 0) is 23.8 Å². The molecule has 0 N–H and O–H groups in total. The minimum Gasteiger partial charge on any atom is -0.494 e. The number of amides is 2. The van der Waals surface area contributed by atoms with Crippen molar-refractivity contribution in [2.24, 2.45) is 0 Å². The van der Waals surface area contributed by atoms with Gasteiger partial charge in [-0.2, -0.15) is 9.97 Å². The first-order valence-corrected chi connectivity index (χ1v) is 10.3. The molecule has 9 heteroatoms. The molecule has 2 aliphatic rings. The molecule has 0 unspecified atom stereocenters. The van der Waals surface area contributed by atoms with Crippen molar-refractivity contribution in [2.45, 2.75) is 11.6 Å². The molecule has 0 saturated carbocycles. The zero-order valence-corrected chi connectivity index (χ0v) is 18.1. The minimum absolute atomic E-state index is 0.0339. The van der Waals surface area contributed by atoms with E-state index in [1.807, 2.05) is 30.3 Å². The molecule has 32 heavy (non-hydrogen) atoms. The highest BCUT2D eigenvalue weighted by atomic mass is 35.5. The third-order valence-corrected chi connectivity index (χ3v) is 6.21. The number of methoxy groups -OCH3 is 1. The fourth-order valence-electron chi connectivity index (χ4n) is 4.41. The van der Waals surface area contributed by atoms with E-state index in [2.05, 4.69) is 9.97 Å². The van der Waals surface area contributed by atoms with E-state index in [-0.39, 0.29) is 24.4 Å². The number of ether oxygens (including phenoxy) is 2. The Kier molecular flexibility index (Phi) is 4.74. The van der Waals surface area contributed by atoms with Crippen molar-refractivity contribution in [2.75, 3.05) is 25.6 Å². The summed E-state index contributed by atoms with van der Waals surface area (Å²) in [5.74, 6) is -0.0720. The molecule has 2 amide bonds. The summed E-state index contributed by atoms with van der Waals surface area (Å²) in [5, 5.41) is 0.487. The van der Waals surface area contributed by atoms with Crippen LogP contribution in [0.3, 0.4) is 0 Å². The Morgan fingerprint density at radius 2 is 1.81 bits per heavy atom. The lowest BCUT2D eigenvalue weighted by molar-refractivity contribution is -0.178. The average Bonchev–Trinajstić information content (AvgIpc) is 2.90. The molecule has 0 bridgehead atoms. The predicted octanol–water partition coefficient (Wildman–Crippen LogP) is 2.65. The number of aromatic nitrogens is 2. The van der Waals surface area contributed by atoms with Crippen LogP contribution in [-0.4, -0.2) is 53.5 Å². The van der Waals surface area contributed by atoms with Gasteiger partial charge in [0, 0.05) is 23.3 Å². The second kappa shape index (κ2) is 7.49. The maximum absolute atomic E-state index is 13.3. The quantitative estimate of drug-likeness (QED) is 0.568. The minimum atomic E-state index is -1.08. The zero-order chi connectivity index (χ0) is 22.5. The standard InChI is InChI=1S/C23H19ClN4O4/c1-27-18-9-8-15(24)10-17(18)23(14-6-4-3-5-7-14)20(21(30)28(23)13-19(27)29)32-22-25-11-16(31-2)12-26-22/h3-12,20H,13H2,1-2H3/t20-,23+/m1/s1. The van der Waals surface area contributed by atoms with E-state index in [1.54, 1.807) is 30.1 Å². The Morgan fingerprint density at radius 1 is 1.09 bits per heavy atom. The van der Waals surface area contributed by atoms with Crippen LogP contribution in [0.25, 0.3) is 0 Å². The van der Waals surface area contributed by atoms with E-state index in [0.29, 0.717) is 22.0 Å². The molecular weight excluding hydrogens is 432 g/mol. The summed E-state index contributed by atoms with van der Waals surface area (Å²) < 4.78 is 11.2. The molecule has 1 fully saturated rings. The number of likely N-dealkylation sites (N-methyl/N-ethyl adjacent to an activating group) is 1. The van der Waals surface area contributed by atoms with Crippen molar-refractivity contribution in [3.8, 4) is 11.8 Å². The second-order valence-corrected chi connectivity index (χ2v) is 8.01. The lowest BCUT2D eigenvalue weighted by atomic mass is 9.69.